The first-order chi connectivity index (χ1) is 6.31. The van der Waals surface area contributed by atoms with Crippen molar-refractivity contribution in [2.75, 3.05) is 6.26 Å². The third-order valence-electron chi connectivity index (χ3n) is 2.07. The Bertz CT molecular complexity index is 310. The van der Waals surface area contributed by atoms with Crippen LogP contribution in [0.3, 0.4) is 0 Å². The normalized spacial score (nSPS) is 15.8. The third kappa shape index (κ3) is 1.97. The number of rotatable bonds is 3. The predicted octanol–water partition coefficient (Wildman–Crippen LogP) is 2.65. The summed E-state index contributed by atoms with van der Waals surface area (Å²) in [7, 11) is 0. The van der Waals surface area contributed by atoms with Crippen molar-refractivity contribution >= 4 is 11.8 Å². The SMILES string of the molecule is CSc1c(OC2CC2)ccnc1C. The molecule has 70 valence electrons. The zero-order chi connectivity index (χ0) is 9.26. The number of hydrogen-bond acceptors (Lipinski definition) is 3. The molecule has 1 heterocycles. The van der Waals surface area contributed by atoms with Crippen LogP contribution in [-0.4, -0.2) is 17.3 Å². The zero-order valence-corrected chi connectivity index (χ0v) is 8.73. The molecule has 0 aromatic carbocycles. The van der Waals surface area contributed by atoms with E-state index < -0.39 is 0 Å². The molecule has 2 rings (SSSR count). The minimum atomic E-state index is 0.465. The minimum absolute atomic E-state index is 0.465. The lowest BCUT2D eigenvalue weighted by Crippen LogP contribution is -1.99. The van der Waals surface area contributed by atoms with Crippen molar-refractivity contribution in [3.05, 3.63) is 18.0 Å². The minimum Gasteiger partial charge on any atom is -0.489 e. The molecule has 2 nitrogen and oxygen atoms in total. The van der Waals surface area contributed by atoms with E-state index in [-0.39, 0.29) is 0 Å². The first kappa shape index (κ1) is 8.88. The van der Waals surface area contributed by atoms with Gasteiger partial charge in [0, 0.05) is 6.20 Å². The van der Waals surface area contributed by atoms with Crippen LogP contribution in [0.4, 0.5) is 0 Å². The van der Waals surface area contributed by atoms with Gasteiger partial charge >= 0.3 is 0 Å². The Morgan fingerprint density at radius 2 is 2.31 bits per heavy atom. The molecule has 0 aliphatic heterocycles. The monoisotopic (exact) mass is 195 g/mol. The highest BCUT2D eigenvalue weighted by Gasteiger charge is 2.24. The molecule has 13 heavy (non-hydrogen) atoms. The summed E-state index contributed by atoms with van der Waals surface area (Å²) >= 11 is 1.70. The Labute approximate surface area is 82.7 Å². The molecular weight excluding hydrogens is 182 g/mol. The van der Waals surface area contributed by atoms with Gasteiger partial charge in [0.15, 0.2) is 0 Å². The molecule has 0 radical (unpaired) electrons. The second kappa shape index (κ2) is 3.58. The summed E-state index contributed by atoms with van der Waals surface area (Å²) in [6, 6.07) is 1.96. The summed E-state index contributed by atoms with van der Waals surface area (Å²) in [5, 5.41) is 0. The van der Waals surface area contributed by atoms with Gasteiger partial charge in [0.05, 0.1) is 16.7 Å². The van der Waals surface area contributed by atoms with Gasteiger partial charge in [-0.25, -0.2) is 0 Å². The smallest absolute Gasteiger partial charge is 0.136 e. The van der Waals surface area contributed by atoms with E-state index in [2.05, 4.69) is 11.2 Å². The van der Waals surface area contributed by atoms with Crippen molar-refractivity contribution in [3.63, 3.8) is 0 Å². The van der Waals surface area contributed by atoms with Crippen LogP contribution in [0.2, 0.25) is 0 Å². The van der Waals surface area contributed by atoms with Crippen molar-refractivity contribution in [1.82, 2.24) is 4.98 Å². The van der Waals surface area contributed by atoms with Crippen molar-refractivity contribution < 1.29 is 4.74 Å². The number of ether oxygens (including phenoxy) is 1. The fourth-order valence-electron chi connectivity index (χ4n) is 1.24. The molecule has 0 atom stereocenters. The van der Waals surface area contributed by atoms with Crippen molar-refractivity contribution in [2.24, 2.45) is 0 Å². The number of aromatic nitrogens is 1. The van der Waals surface area contributed by atoms with Gasteiger partial charge in [-0.1, -0.05) is 0 Å². The highest BCUT2D eigenvalue weighted by molar-refractivity contribution is 7.98. The van der Waals surface area contributed by atoms with Crippen LogP contribution in [-0.2, 0) is 0 Å². The number of thioether (sulfide) groups is 1. The molecule has 0 amide bonds. The molecule has 1 aromatic heterocycles. The van der Waals surface area contributed by atoms with E-state index in [4.69, 9.17) is 4.74 Å². The number of hydrogen-bond donors (Lipinski definition) is 0. The molecule has 0 spiro atoms. The number of aryl methyl sites for hydroxylation is 1. The summed E-state index contributed by atoms with van der Waals surface area (Å²) in [6.07, 6.45) is 6.74. The maximum atomic E-state index is 5.77. The van der Waals surface area contributed by atoms with E-state index in [0.29, 0.717) is 6.10 Å². The first-order valence-electron chi connectivity index (χ1n) is 4.47. The Balaban J connectivity index is 2.25. The van der Waals surface area contributed by atoms with Crippen LogP contribution in [0.25, 0.3) is 0 Å². The Kier molecular flexibility index (Phi) is 2.44. The van der Waals surface area contributed by atoms with Crippen LogP contribution < -0.4 is 4.74 Å². The predicted molar refractivity (Wildman–Crippen MR) is 54.4 cm³/mol. The van der Waals surface area contributed by atoms with Gasteiger partial charge < -0.3 is 4.74 Å². The van der Waals surface area contributed by atoms with Gasteiger partial charge in [-0.05, 0) is 32.1 Å². The van der Waals surface area contributed by atoms with Gasteiger partial charge in [-0.3, -0.25) is 4.98 Å². The second-order valence-electron chi connectivity index (χ2n) is 3.24. The molecule has 3 heteroatoms. The lowest BCUT2D eigenvalue weighted by atomic mass is 10.3. The van der Waals surface area contributed by atoms with Crippen molar-refractivity contribution in [3.8, 4) is 5.75 Å². The maximum Gasteiger partial charge on any atom is 0.136 e. The second-order valence-corrected chi connectivity index (χ2v) is 4.06. The largest absolute Gasteiger partial charge is 0.489 e. The molecular formula is C10H13NOS. The van der Waals surface area contributed by atoms with E-state index >= 15 is 0 Å². The van der Waals surface area contributed by atoms with Gasteiger partial charge in [0.2, 0.25) is 0 Å². The summed E-state index contributed by atoms with van der Waals surface area (Å²) in [5.74, 6) is 1.00. The van der Waals surface area contributed by atoms with Crippen LogP contribution in [0, 0.1) is 6.92 Å². The first-order valence-corrected chi connectivity index (χ1v) is 5.70. The highest BCUT2D eigenvalue weighted by Crippen LogP contribution is 2.34. The fraction of sp³-hybridized carbons (Fsp3) is 0.500. The quantitative estimate of drug-likeness (QED) is 0.692. The molecule has 0 saturated heterocycles. The number of nitrogens with zero attached hydrogens (tertiary/aromatic N) is 1. The lowest BCUT2D eigenvalue weighted by Gasteiger charge is -2.10. The van der Waals surface area contributed by atoms with E-state index in [0.717, 1.165) is 11.4 Å². The maximum absolute atomic E-state index is 5.77. The van der Waals surface area contributed by atoms with E-state index in [1.54, 1.807) is 11.8 Å². The Morgan fingerprint density at radius 1 is 1.54 bits per heavy atom. The third-order valence-corrected chi connectivity index (χ3v) is 2.97. The van der Waals surface area contributed by atoms with Crippen LogP contribution in [0.1, 0.15) is 18.5 Å². The highest BCUT2D eigenvalue weighted by atomic mass is 32.2. The van der Waals surface area contributed by atoms with Gasteiger partial charge in [0.1, 0.15) is 5.75 Å². The fourth-order valence-corrected chi connectivity index (χ4v) is 1.90. The molecule has 1 aliphatic carbocycles. The Morgan fingerprint density at radius 3 is 2.92 bits per heavy atom. The molecule has 1 aliphatic rings. The summed E-state index contributed by atoms with van der Waals surface area (Å²) in [4.78, 5) is 5.41. The molecule has 0 N–H and O–H groups in total. The Hall–Kier alpha value is -0.700. The van der Waals surface area contributed by atoms with E-state index in [9.17, 15) is 0 Å². The van der Waals surface area contributed by atoms with Gasteiger partial charge in [0.25, 0.3) is 0 Å². The topological polar surface area (TPSA) is 22.1 Å². The molecule has 1 aromatic rings. The van der Waals surface area contributed by atoms with E-state index in [1.165, 1.54) is 17.7 Å². The standard InChI is InChI=1S/C10H13NOS/c1-7-10(13-2)9(5-6-11-7)12-8-3-4-8/h5-6,8H,3-4H2,1-2H3. The average Bonchev–Trinajstić information content (AvgIpc) is 2.89. The lowest BCUT2D eigenvalue weighted by molar-refractivity contribution is 0.295. The molecule has 1 fully saturated rings. The average molecular weight is 195 g/mol. The van der Waals surface area contributed by atoms with Crippen molar-refractivity contribution in [1.29, 1.82) is 0 Å². The number of pyridine rings is 1. The summed E-state index contributed by atoms with van der Waals surface area (Å²) in [5.41, 5.74) is 1.06. The van der Waals surface area contributed by atoms with Crippen LogP contribution >= 0.6 is 11.8 Å². The molecule has 1 saturated carbocycles. The molecule has 0 bridgehead atoms. The van der Waals surface area contributed by atoms with Crippen molar-refractivity contribution in [2.45, 2.75) is 30.8 Å². The van der Waals surface area contributed by atoms with Gasteiger partial charge in [-0.15, -0.1) is 11.8 Å². The van der Waals surface area contributed by atoms with Crippen LogP contribution in [0.15, 0.2) is 17.2 Å². The van der Waals surface area contributed by atoms with E-state index in [1.807, 2.05) is 19.2 Å². The van der Waals surface area contributed by atoms with Gasteiger partial charge in [-0.2, -0.15) is 0 Å². The summed E-state index contributed by atoms with van der Waals surface area (Å²) < 4.78 is 5.77. The van der Waals surface area contributed by atoms with Crippen LogP contribution in [0.5, 0.6) is 5.75 Å². The molecule has 0 unspecified atom stereocenters. The zero-order valence-electron chi connectivity index (χ0n) is 7.91. The summed E-state index contributed by atoms with van der Waals surface area (Å²) in [6.45, 7) is 2.02.